The van der Waals surface area contributed by atoms with Crippen LogP contribution in [0.5, 0.6) is 0 Å². The lowest BCUT2D eigenvalue weighted by Crippen LogP contribution is -2.43. The lowest BCUT2D eigenvalue weighted by molar-refractivity contribution is 0.336. The van der Waals surface area contributed by atoms with E-state index in [2.05, 4.69) is 19.2 Å². The van der Waals surface area contributed by atoms with Crippen molar-refractivity contribution in [3.05, 3.63) is 28.8 Å². The second-order valence-electron chi connectivity index (χ2n) is 5.59. The van der Waals surface area contributed by atoms with Crippen molar-refractivity contribution >= 4 is 21.4 Å². The molecule has 1 aliphatic heterocycles. The van der Waals surface area contributed by atoms with Gasteiger partial charge in [0.15, 0.2) is 9.84 Å². The molecule has 0 aliphatic carbocycles. The molecule has 106 valence electrons. The maximum atomic E-state index is 12.5. The first-order valence-corrected chi connectivity index (χ1v) is 8.47. The van der Waals surface area contributed by atoms with E-state index in [0.717, 1.165) is 5.56 Å². The van der Waals surface area contributed by atoms with Crippen LogP contribution in [0, 0.1) is 5.92 Å². The summed E-state index contributed by atoms with van der Waals surface area (Å²) >= 11 is 6.03. The van der Waals surface area contributed by atoms with Gasteiger partial charge < -0.3 is 5.32 Å². The minimum Gasteiger partial charge on any atom is -0.307 e. The maximum Gasteiger partial charge on any atom is 0.181 e. The molecule has 1 aromatic carbocycles. The van der Waals surface area contributed by atoms with Crippen molar-refractivity contribution in [1.29, 1.82) is 0 Å². The molecule has 0 aromatic heterocycles. The second kappa shape index (κ2) is 5.08. The Kier molecular flexibility index (Phi) is 3.96. The zero-order valence-electron chi connectivity index (χ0n) is 11.6. The molecule has 5 heteroatoms. The molecular formula is C14H20ClNO2S. The van der Waals surface area contributed by atoms with E-state index < -0.39 is 15.1 Å². The highest BCUT2D eigenvalue weighted by molar-refractivity contribution is 7.92. The molecule has 1 aliphatic rings. The fourth-order valence-corrected chi connectivity index (χ4v) is 4.73. The van der Waals surface area contributed by atoms with Gasteiger partial charge in [0.2, 0.25) is 0 Å². The number of hydrogen-bond donors (Lipinski definition) is 1. The quantitative estimate of drug-likeness (QED) is 0.912. The van der Waals surface area contributed by atoms with Gasteiger partial charge in [-0.1, -0.05) is 32.4 Å². The summed E-state index contributed by atoms with van der Waals surface area (Å²) < 4.78 is 25.0. The zero-order chi connectivity index (χ0) is 14.4. The van der Waals surface area contributed by atoms with Gasteiger partial charge in [-0.2, -0.15) is 0 Å². The third-order valence-corrected chi connectivity index (χ3v) is 6.51. The topological polar surface area (TPSA) is 46.2 Å². The van der Waals surface area contributed by atoms with Gasteiger partial charge in [0.1, 0.15) is 0 Å². The van der Waals surface area contributed by atoms with E-state index >= 15 is 0 Å². The molecular weight excluding hydrogens is 282 g/mol. The predicted octanol–water partition coefficient (Wildman–Crippen LogP) is 3.19. The predicted molar refractivity (Wildman–Crippen MR) is 78.3 cm³/mol. The number of fused-ring (bicyclic) bond motifs is 1. The average molecular weight is 302 g/mol. The van der Waals surface area contributed by atoms with Crippen molar-refractivity contribution in [3.63, 3.8) is 0 Å². The van der Waals surface area contributed by atoms with Crippen LogP contribution in [-0.2, 0) is 9.84 Å². The monoisotopic (exact) mass is 301 g/mol. The van der Waals surface area contributed by atoms with Gasteiger partial charge >= 0.3 is 0 Å². The van der Waals surface area contributed by atoms with E-state index in [1.807, 2.05) is 6.92 Å². The summed E-state index contributed by atoms with van der Waals surface area (Å²) in [5.74, 6) is 0.0124. The number of rotatable bonds is 2. The molecule has 0 radical (unpaired) electrons. The first kappa shape index (κ1) is 14.8. The zero-order valence-corrected chi connectivity index (χ0v) is 13.2. The van der Waals surface area contributed by atoms with E-state index in [1.165, 1.54) is 0 Å². The summed E-state index contributed by atoms with van der Waals surface area (Å²) in [5.41, 5.74) is 0.798. The summed E-state index contributed by atoms with van der Waals surface area (Å²) in [7, 11) is -3.25. The maximum absolute atomic E-state index is 12.5. The van der Waals surface area contributed by atoms with Crippen LogP contribution in [-0.4, -0.2) is 19.7 Å². The number of nitrogens with one attached hydrogen (secondary N) is 1. The molecule has 0 fully saturated rings. The Morgan fingerprint density at radius 1 is 1.26 bits per heavy atom. The molecule has 0 amide bonds. The Hall–Kier alpha value is -0.580. The lowest BCUT2D eigenvalue weighted by atomic mass is 9.91. The SMILES string of the molecule is CC(C)NC1c2cc(Cl)ccc2S(=O)(=O)C(C)C1C. The first-order chi connectivity index (χ1) is 8.75. The highest BCUT2D eigenvalue weighted by Gasteiger charge is 2.41. The van der Waals surface area contributed by atoms with Gasteiger partial charge in [-0.05, 0) is 36.6 Å². The van der Waals surface area contributed by atoms with Crippen LogP contribution in [0.2, 0.25) is 5.02 Å². The molecule has 1 heterocycles. The minimum atomic E-state index is -3.25. The minimum absolute atomic E-state index is 0.0124. The largest absolute Gasteiger partial charge is 0.307 e. The molecule has 0 saturated carbocycles. The Bertz CT molecular complexity index is 583. The van der Waals surface area contributed by atoms with Gasteiger partial charge in [-0.25, -0.2) is 8.42 Å². The van der Waals surface area contributed by atoms with Crippen LogP contribution in [0.25, 0.3) is 0 Å². The summed E-state index contributed by atoms with van der Waals surface area (Å²) in [6, 6.07) is 5.36. The van der Waals surface area contributed by atoms with Gasteiger partial charge in [-0.3, -0.25) is 0 Å². The van der Waals surface area contributed by atoms with Crippen LogP contribution in [0.15, 0.2) is 23.1 Å². The van der Waals surface area contributed by atoms with Gasteiger partial charge in [0, 0.05) is 17.1 Å². The summed E-state index contributed by atoms with van der Waals surface area (Å²) in [6.45, 7) is 7.88. The number of sulfone groups is 1. The van der Waals surface area contributed by atoms with Crippen LogP contribution in [0.4, 0.5) is 0 Å². The van der Waals surface area contributed by atoms with Crippen LogP contribution in [0.3, 0.4) is 0 Å². The molecule has 0 bridgehead atoms. The number of hydrogen-bond acceptors (Lipinski definition) is 3. The van der Waals surface area contributed by atoms with Crippen molar-refractivity contribution in [3.8, 4) is 0 Å². The van der Waals surface area contributed by atoms with Crippen molar-refractivity contribution in [2.24, 2.45) is 5.92 Å². The summed E-state index contributed by atoms with van der Waals surface area (Å²) in [5, 5.41) is 3.64. The van der Waals surface area contributed by atoms with Crippen molar-refractivity contribution in [1.82, 2.24) is 5.32 Å². The van der Waals surface area contributed by atoms with Crippen LogP contribution >= 0.6 is 11.6 Å². The molecule has 19 heavy (non-hydrogen) atoms. The molecule has 1 aromatic rings. The Labute approximate surface area is 120 Å². The summed E-state index contributed by atoms with van der Waals surface area (Å²) in [6.07, 6.45) is 0. The highest BCUT2D eigenvalue weighted by Crippen LogP contribution is 2.41. The van der Waals surface area contributed by atoms with Crippen LogP contribution < -0.4 is 5.32 Å². The van der Waals surface area contributed by atoms with Gasteiger partial charge in [0.05, 0.1) is 10.1 Å². The van der Waals surface area contributed by atoms with Crippen molar-refractivity contribution < 1.29 is 8.42 Å². The molecule has 2 rings (SSSR count). The molecule has 0 spiro atoms. The summed E-state index contributed by atoms with van der Waals surface area (Å²) in [4.78, 5) is 0.417. The standard InChI is InChI=1S/C14H20ClNO2S/c1-8(2)16-14-9(3)10(4)19(17,18)13-6-5-11(15)7-12(13)14/h5-10,14,16H,1-4H3. The average Bonchev–Trinajstić information content (AvgIpc) is 2.32. The second-order valence-corrected chi connectivity index (χ2v) is 8.30. The van der Waals surface area contributed by atoms with Gasteiger partial charge in [-0.15, -0.1) is 0 Å². The van der Waals surface area contributed by atoms with E-state index in [4.69, 9.17) is 11.6 Å². The fraction of sp³-hybridized carbons (Fsp3) is 0.571. The van der Waals surface area contributed by atoms with E-state index in [0.29, 0.717) is 9.92 Å². The molecule has 0 saturated heterocycles. The van der Waals surface area contributed by atoms with E-state index in [1.54, 1.807) is 25.1 Å². The first-order valence-electron chi connectivity index (χ1n) is 6.54. The molecule has 3 unspecified atom stereocenters. The smallest absolute Gasteiger partial charge is 0.181 e. The Morgan fingerprint density at radius 2 is 1.89 bits per heavy atom. The number of halogens is 1. The van der Waals surface area contributed by atoms with Crippen LogP contribution in [0.1, 0.15) is 39.3 Å². The lowest BCUT2D eigenvalue weighted by Gasteiger charge is -2.37. The highest BCUT2D eigenvalue weighted by atomic mass is 35.5. The molecule has 3 atom stereocenters. The van der Waals surface area contributed by atoms with E-state index in [-0.39, 0.29) is 18.0 Å². The molecule has 3 nitrogen and oxygen atoms in total. The van der Waals surface area contributed by atoms with Crippen molar-refractivity contribution in [2.75, 3.05) is 0 Å². The normalized spacial score (nSPS) is 29.3. The third-order valence-electron chi connectivity index (χ3n) is 3.88. The fourth-order valence-electron chi connectivity index (χ4n) is 2.66. The Morgan fingerprint density at radius 3 is 2.47 bits per heavy atom. The number of benzene rings is 1. The Balaban J connectivity index is 2.63. The van der Waals surface area contributed by atoms with Gasteiger partial charge in [0.25, 0.3) is 0 Å². The molecule has 1 N–H and O–H groups in total. The van der Waals surface area contributed by atoms with E-state index in [9.17, 15) is 8.42 Å². The third kappa shape index (κ3) is 2.54. The van der Waals surface area contributed by atoms with Crippen molar-refractivity contribution in [2.45, 2.75) is 49.9 Å².